The molecule has 2 amide bonds. The van der Waals surface area contributed by atoms with Crippen LogP contribution in [0.15, 0.2) is 66.2 Å². The second kappa shape index (κ2) is 7.91. The van der Waals surface area contributed by atoms with Crippen LogP contribution in [0.5, 0.6) is 5.75 Å². The summed E-state index contributed by atoms with van der Waals surface area (Å²) < 4.78 is 7.61. The van der Waals surface area contributed by atoms with Gasteiger partial charge in [0, 0.05) is 17.1 Å². The average molecular weight is 401 g/mol. The lowest BCUT2D eigenvalue weighted by Crippen LogP contribution is -2.35. The van der Waals surface area contributed by atoms with Crippen LogP contribution in [0.4, 0.5) is 5.69 Å². The molecule has 1 aliphatic rings. The maximum absolute atomic E-state index is 12.8. The normalized spacial score (nSPS) is 15.0. The molecule has 1 saturated heterocycles. The minimum Gasteiger partial charge on any atom is -0.494 e. The van der Waals surface area contributed by atoms with Crippen molar-refractivity contribution in [3.8, 4) is 11.4 Å². The molecule has 2 heterocycles. The molecule has 0 unspecified atom stereocenters. The van der Waals surface area contributed by atoms with E-state index in [-0.39, 0.29) is 11.5 Å². The molecule has 30 heavy (non-hydrogen) atoms. The number of aromatic nitrogens is 1. The van der Waals surface area contributed by atoms with Crippen molar-refractivity contribution in [2.24, 2.45) is 0 Å². The Hall–Kier alpha value is -3.80. The van der Waals surface area contributed by atoms with Crippen LogP contribution in [0.3, 0.4) is 0 Å². The fourth-order valence-electron chi connectivity index (χ4n) is 3.66. The Bertz CT molecular complexity index is 1130. The van der Waals surface area contributed by atoms with Crippen molar-refractivity contribution in [1.29, 1.82) is 0 Å². The number of carbonyl (C=O) groups is 2. The predicted octanol–water partition coefficient (Wildman–Crippen LogP) is 3.95. The summed E-state index contributed by atoms with van der Waals surface area (Å²) in [5.74, 6) is 0.0482. The predicted molar refractivity (Wildman–Crippen MR) is 116 cm³/mol. The van der Waals surface area contributed by atoms with Crippen molar-refractivity contribution in [2.75, 3.05) is 11.6 Å². The zero-order chi connectivity index (χ0) is 21.3. The maximum atomic E-state index is 12.8. The van der Waals surface area contributed by atoms with Gasteiger partial charge in [-0.15, -0.1) is 0 Å². The number of para-hydroxylation sites is 1. The lowest BCUT2D eigenvalue weighted by atomic mass is 10.1. The number of benzene rings is 2. The highest BCUT2D eigenvalue weighted by Crippen LogP contribution is 2.26. The molecule has 6 nitrogen and oxygen atoms in total. The number of nitrogens with zero attached hydrogens (tertiary/aromatic N) is 2. The number of carbonyl (C=O) groups excluding carboxylic acids is 2. The Balaban J connectivity index is 1.67. The van der Waals surface area contributed by atoms with Gasteiger partial charge in [-0.05, 0) is 74.9 Å². The first-order chi connectivity index (χ1) is 14.5. The number of amides is 2. The van der Waals surface area contributed by atoms with Crippen LogP contribution in [-0.4, -0.2) is 23.0 Å². The van der Waals surface area contributed by atoms with E-state index in [1.54, 1.807) is 18.2 Å². The van der Waals surface area contributed by atoms with Gasteiger partial charge < -0.3 is 9.30 Å². The van der Waals surface area contributed by atoms with E-state index in [2.05, 4.69) is 9.99 Å². The Kier molecular flexibility index (Phi) is 5.14. The molecule has 1 fully saturated rings. The lowest BCUT2D eigenvalue weighted by molar-refractivity contribution is -0.117. The molecule has 0 bridgehead atoms. The molecule has 0 spiro atoms. The third-order valence-electron chi connectivity index (χ3n) is 5.08. The number of aryl methyl sites for hydroxylation is 1. The average Bonchev–Trinajstić information content (AvgIpc) is 3.19. The first-order valence-electron chi connectivity index (χ1n) is 9.84. The third kappa shape index (κ3) is 3.48. The van der Waals surface area contributed by atoms with E-state index in [0.29, 0.717) is 12.3 Å². The van der Waals surface area contributed by atoms with Crippen LogP contribution < -0.4 is 15.2 Å². The molecule has 1 aliphatic heterocycles. The SMILES string of the molecule is CCOc1ccc(-n2c(C)cc(/C=C3/C(=O)NN(c4ccccc4)C3=O)c2C)cc1. The highest BCUT2D eigenvalue weighted by Gasteiger charge is 2.34. The van der Waals surface area contributed by atoms with Gasteiger partial charge in [0.1, 0.15) is 11.3 Å². The van der Waals surface area contributed by atoms with Crippen LogP contribution in [0.1, 0.15) is 23.9 Å². The topological polar surface area (TPSA) is 63.6 Å². The fourth-order valence-corrected chi connectivity index (χ4v) is 3.66. The first-order valence-corrected chi connectivity index (χ1v) is 9.84. The monoisotopic (exact) mass is 401 g/mol. The van der Waals surface area contributed by atoms with Gasteiger partial charge in [0.15, 0.2) is 0 Å². The molecule has 0 saturated carbocycles. The zero-order valence-electron chi connectivity index (χ0n) is 17.2. The van der Waals surface area contributed by atoms with Crippen LogP contribution >= 0.6 is 0 Å². The Morgan fingerprint density at radius 3 is 2.33 bits per heavy atom. The van der Waals surface area contributed by atoms with E-state index >= 15 is 0 Å². The summed E-state index contributed by atoms with van der Waals surface area (Å²) >= 11 is 0. The molecule has 1 N–H and O–H groups in total. The Morgan fingerprint density at radius 1 is 0.967 bits per heavy atom. The number of hydrogen-bond acceptors (Lipinski definition) is 3. The van der Waals surface area contributed by atoms with Crippen molar-refractivity contribution in [2.45, 2.75) is 20.8 Å². The van der Waals surface area contributed by atoms with Crippen molar-refractivity contribution >= 4 is 23.6 Å². The van der Waals surface area contributed by atoms with E-state index in [1.165, 1.54) is 5.01 Å². The standard InChI is InChI=1S/C24H23N3O3/c1-4-30-21-12-10-19(11-13-21)26-16(2)14-18(17(26)3)15-22-23(28)25-27(24(22)29)20-8-6-5-7-9-20/h5-15H,4H2,1-3H3,(H,25,28)/b22-15-. The molecular formula is C24H23N3O3. The van der Waals surface area contributed by atoms with Gasteiger partial charge in [-0.1, -0.05) is 18.2 Å². The van der Waals surface area contributed by atoms with Crippen molar-refractivity contribution in [3.05, 3.63) is 83.2 Å². The van der Waals surface area contributed by atoms with E-state index in [0.717, 1.165) is 28.4 Å². The van der Waals surface area contributed by atoms with Gasteiger partial charge in [0.2, 0.25) is 0 Å². The number of anilines is 1. The minimum atomic E-state index is -0.408. The first kappa shape index (κ1) is 19.5. The van der Waals surface area contributed by atoms with Crippen LogP contribution in [0.2, 0.25) is 0 Å². The molecule has 0 aliphatic carbocycles. The summed E-state index contributed by atoms with van der Waals surface area (Å²) in [6.45, 7) is 6.54. The quantitative estimate of drug-likeness (QED) is 0.520. The lowest BCUT2D eigenvalue weighted by Gasteiger charge is -2.13. The van der Waals surface area contributed by atoms with E-state index in [1.807, 2.05) is 69.3 Å². The number of rotatable bonds is 5. The molecule has 1 aromatic heterocycles. The molecule has 0 atom stereocenters. The van der Waals surface area contributed by atoms with Gasteiger partial charge in [-0.2, -0.15) is 0 Å². The van der Waals surface area contributed by atoms with Gasteiger partial charge in [0.25, 0.3) is 11.8 Å². The van der Waals surface area contributed by atoms with Gasteiger partial charge >= 0.3 is 0 Å². The molecule has 4 rings (SSSR count). The van der Waals surface area contributed by atoms with Crippen molar-refractivity contribution < 1.29 is 14.3 Å². The number of nitrogens with one attached hydrogen (secondary N) is 1. The molecule has 2 aromatic carbocycles. The number of hydrazine groups is 1. The smallest absolute Gasteiger partial charge is 0.282 e. The Morgan fingerprint density at radius 2 is 1.67 bits per heavy atom. The highest BCUT2D eigenvalue weighted by molar-refractivity contribution is 6.31. The fraction of sp³-hybridized carbons (Fsp3) is 0.167. The van der Waals surface area contributed by atoms with Gasteiger partial charge in [-0.3, -0.25) is 15.0 Å². The van der Waals surface area contributed by atoms with Crippen molar-refractivity contribution in [3.63, 3.8) is 0 Å². The van der Waals surface area contributed by atoms with E-state index in [4.69, 9.17) is 4.74 Å². The van der Waals surface area contributed by atoms with Crippen molar-refractivity contribution in [1.82, 2.24) is 9.99 Å². The van der Waals surface area contributed by atoms with Crippen LogP contribution in [0.25, 0.3) is 11.8 Å². The van der Waals surface area contributed by atoms with Gasteiger partial charge in [-0.25, -0.2) is 5.01 Å². The maximum Gasteiger partial charge on any atom is 0.282 e. The van der Waals surface area contributed by atoms with E-state index < -0.39 is 5.91 Å². The highest BCUT2D eigenvalue weighted by atomic mass is 16.5. The molecule has 152 valence electrons. The second-order valence-electron chi connectivity index (χ2n) is 7.06. The minimum absolute atomic E-state index is 0.116. The molecular weight excluding hydrogens is 378 g/mol. The van der Waals surface area contributed by atoms with E-state index in [9.17, 15) is 9.59 Å². The number of hydrogen-bond donors (Lipinski definition) is 1. The Labute approximate surface area is 175 Å². The summed E-state index contributed by atoms with van der Waals surface area (Å²) in [6, 6.07) is 18.9. The van der Waals surface area contributed by atoms with Crippen LogP contribution in [-0.2, 0) is 9.59 Å². The summed E-state index contributed by atoms with van der Waals surface area (Å²) in [7, 11) is 0. The summed E-state index contributed by atoms with van der Waals surface area (Å²) in [6.07, 6.45) is 1.66. The molecule has 6 heteroatoms. The number of ether oxygens (including phenoxy) is 1. The van der Waals surface area contributed by atoms with Crippen LogP contribution in [0, 0.1) is 13.8 Å². The van der Waals surface area contributed by atoms with Gasteiger partial charge in [0.05, 0.1) is 12.3 Å². The molecule has 0 radical (unpaired) electrons. The summed E-state index contributed by atoms with van der Waals surface area (Å²) in [5, 5.41) is 1.28. The molecule has 3 aromatic rings. The summed E-state index contributed by atoms with van der Waals surface area (Å²) in [5.41, 5.74) is 7.15. The third-order valence-corrected chi connectivity index (χ3v) is 5.08. The largest absolute Gasteiger partial charge is 0.494 e. The summed E-state index contributed by atoms with van der Waals surface area (Å²) in [4.78, 5) is 25.3. The zero-order valence-corrected chi connectivity index (χ0v) is 17.2. The second-order valence-corrected chi connectivity index (χ2v) is 7.06.